The number of carbonyl (C=O) groups excluding carboxylic acids is 3. The van der Waals surface area contributed by atoms with Crippen molar-refractivity contribution in [1.82, 2.24) is 14.8 Å². The number of urea groups is 1. The Bertz CT molecular complexity index is 914. The fourth-order valence-electron chi connectivity index (χ4n) is 3.96. The van der Waals surface area contributed by atoms with Crippen LogP contribution in [0.2, 0.25) is 0 Å². The Hall–Kier alpha value is -2.41. The van der Waals surface area contributed by atoms with Gasteiger partial charge in [-0.15, -0.1) is 11.3 Å². The van der Waals surface area contributed by atoms with Crippen LogP contribution in [0, 0.1) is 19.8 Å². The summed E-state index contributed by atoms with van der Waals surface area (Å²) in [6.45, 7) is 10.1. The van der Waals surface area contributed by atoms with E-state index >= 15 is 0 Å². The second kappa shape index (κ2) is 7.54. The van der Waals surface area contributed by atoms with Crippen LogP contribution in [-0.2, 0) is 11.3 Å². The number of nitrogens with one attached hydrogen (secondary N) is 1. The fraction of sp³-hybridized carbons (Fsp3) is 0.476. The Morgan fingerprint density at radius 2 is 2.00 bits per heavy atom. The van der Waals surface area contributed by atoms with Crippen molar-refractivity contribution in [1.29, 1.82) is 0 Å². The molecule has 1 unspecified atom stereocenters. The van der Waals surface area contributed by atoms with Crippen molar-refractivity contribution in [3.63, 3.8) is 0 Å². The predicted molar refractivity (Wildman–Crippen MR) is 110 cm³/mol. The highest BCUT2D eigenvalue weighted by Gasteiger charge is 2.48. The van der Waals surface area contributed by atoms with Crippen LogP contribution in [0.25, 0.3) is 0 Å². The first-order valence-corrected chi connectivity index (χ1v) is 10.4. The quantitative estimate of drug-likeness (QED) is 0.567. The first-order valence-electron chi connectivity index (χ1n) is 9.49. The van der Waals surface area contributed by atoms with Crippen molar-refractivity contribution >= 4 is 29.1 Å². The van der Waals surface area contributed by atoms with Crippen LogP contribution >= 0.6 is 11.3 Å². The number of carbonyl (C=O) groups is 3. The number of aromatic nitrogens is 1. The average Bonchev–Trinajstić information content (AvgIpc) is 3.26. The van der Waals surface area contributed by atoms with E-state index in [1.807, 2.05) is 45.2 Å². The summed E-state index contributed by atoms with van der Waals surface area (Å²) in [5.74, 6) is -0.296. The van der Waals surface area contributed by atoms with Gasteiger partial charge < -0.3 is 9.88 Å². The van der Waals surface area contributed by atoms with Crippen LogP contribution in [0.4, 0.5) is 4.79 Å². The SMILES string of the molecule is Cc1cc(C(=O)CN2C(=O)NC(C)(CC(C)C)C2=O)c(C)n1Cc1cccs1. The van der Waals surface area contributed by atoms with Crippen LogP contribution in [0.3, 0.4) is 0 Å². The topological polar surface area (TPSA) is 71.4 Å². The molecule has 0 aliphatic carbocycles. The Morgan fingerprint density at radius 1 is 1.29 bits per heavy atom. The van der Waals surface area contributed by atoms with Crippen LogP contribution in [0.5, 0.6) is 0 Å². The molecule has 0 saturated carbocycles. The van der Waals surface area contributed by atoms with Gasteiger partial charge >= 0.3 is 6.03 Å². The van der Waals surface area contributed by atoms with Crippen molar-refractivity contribution in [2.75, 3.05) is 6.54 Å². The highest BCUT2D eigenvalue weighted by molar-refractivity contribution is 7.09. The molecule has 7 heteroatoms. The number of nitrogens with zero attached hydrogens (tertiary/aromatic N) is 2. The molecule has 3 heterocycles. The molecule has 6 nitrogen and oxygen atoms in total. The first kappa shape index (κ1) is 20.3. The van der Waals surface area contributed by atoms with Crippen molar-refractivity contribution in [2.24, 2.45) is 5.92 Å². The summed E-state index contributed by atoms with van der Waals surface area (Å²) in [5.41, 5.74) is 1.46. The molecule has 150 valence electrons. The molecular formula is C21H27N3O3S. The van der Waals surface area contributed by atoms with Gasteiger partial charge in [0.25, 0.3) is 5.91 Å². The summed E-state index contributed by atoms with van der Waals surface area (Å²) in [6, 6.07) is 5.42. The molecule has 2 aromatic heterocycles. The molecule has 0 radical (unpaired) electrons. The summed E-state index contributed by atoms with van der Waals surface area (Å²) in [6.07, 6.45) is 0.539. The van der Waals surface area contributed by atoms with E-state index in [1.54, 1.807) is 18.3 Å². The third-order valence-corrected chi connectivity index (χ3v) is 6.09. The number of aryl methyl sites for hydroxylation is 1. The number of hydrogen-bond donors (Lipinski definition) is 1. The standard InChI is InChI=1S/C21H27N3O3S/c1-13(2)10-21(5)19(26)24(20(27)22-21)12-18(25)17-9-14(3)23(15(17)4)11-16-7-6-8-28-16/h6-9,13H,10-12H2,1-5H3,(H,22,27). The van der Waals surface area contributed by atoms with Gasteiger partial charge in [-0.1, -0.05) is 19.9 Å². The first-order chi connectivity index (χ1) is 13.1. The lowest BCUT2D eigenvalue weighted by Gasteiger charge is -2.23. The normalized spacial score (nSPS) is 19.6. The number of imide groups is 1. The van der Waals surface area contributed by atoms with Crippen LogP contribution in [-0.4, -0.2) is 39.3 Å². The predicted octanol–water partition coefficient (Wildman–Crippen LogP) is 3.75. The minimum Gasteiger partial charge on any atom is -0.343 e. The van der Waals surface area contributed by atoms with Gasteiger partial charge in [0.1, 0.15) is 5.54 Å². The fourth-order valence-corrected chi connectivity index (χ4v) is 4.65. The number of hydrogen-bond acceptors (Lipinski definition) is 4. The maximum atomic E-state index is 12.9. The molecular weight excluding hydrogens is 374 g/mol. The molecule has 1 atom stereocenters. The van der Waals surface area contributed by atoms with Gasteiger partial charge in [0.2, 0.25) is 0 Å². The Balaban J connectivity index is 1.78. The van der Waals surface area contributed by atoms with E-state index in [2.05, 4.69) is 16.0 Å². The second-order valence-electron chi connectivity index (χ2n) is 8.13. The van der Waals surface area contributed by atoms with Gasteiger partial charge in [-0.25, -0.2) is 4.79 Å². The lowest BCUT2D eigenvalue weighted by atomic mass is 9.91. The van der Waals surface area contributed by atoms with Crippen molar-refractivity contribution in [3.05, 3.63) is 45.4 Å². The molecule has 3 amide bonds. The van der Waals surface area contributed by atoms with Crippen molar-refractivity contribution in [2.45, 2.75) is 53.1 Å². The van der Waals surface area contributed by atoms with E-state index < -0.39 is 11.6 Å². The number of thiophene rings is 1. The van der Waals surface area contributed by atoms with Gasteiger partial charge in [-0.3, -0.25) is 14.5 Å². The number of rotatable bonds is 7. The van der Waals surface area contributed by atoms with E-state index in [0.717, 1.165) is 16.3 Å². The molecule has 1 fully saturated rings. The summed E-state index contributed by atoms with van der Waals surface area (Å²) in [4.78, 5) is 40.3. The summed E-state index contributed by atoms with van der Waals surface area (Å²) in [7, 11) is 0. The number of ketones is 1. The average molecular weight is 402 g/mol. The van der Waals surface area contributed by atoms with Gasteiger partial charge in [0.05, 0.1) is 13.1 Å². The van der Waals surface area contributed by atoms with Gasteiger partial charge in [0, 0.05) is 21.8 Å². The third-order valence-electron chi connectivity index (χ3n) is 5.23. The summed E-state index contributed by atoms with van der Waals surface area (Å²) < 4.78 is 2.09. The van der Waals surface area contributed by atoms with E-state index in [1.165, 1.54) is 4.88 Å². The maximum Gasteiger partial charge on any atom is 0.325 e. The molecule has 3 rings (SSSR count). The van der Waals surface area contributed by atoms with Crippen molar-refractivity contribution < 1.29 is 14.4 Å². The largest absolute Gasteiger partial charge is 0.343 e. The molecule has 0 aromatic carbocycles. The van der Waals surface area contributed by atoms with E-state index in [4.69, 9.17) is 0 Å². The summed E-state index contributed by atoms with van der Waals surface area (Å²) in [5, 5.41) is 4.79. The van der Waals surface area contributed by atoms with Crippen LogP contribution < -0.4 is 5.32 Å². The molecule has 0 bridgehead atoms. The van der Waals surface area contributed by atoms with Gasteiger partial charge in [-0.2, -0.15) is 0 Å². The number of amides is 3. The van der Waals surface area contributed by atoms with Gasteiger partial charge in [0.15, 0.2) is 5.78 Å². The van der Waals surface area contributed by atoms with Crippen molar-refractivity contribution in [3.8, 4) is 0 Å². The highest BCUT2D eigenvalue weighted by atomic mass is 32.1. The zero-order valence-corrected chi connectivity index (χ0v) is 17.9. The molecule has 1 N–H and O–H groups in total. The zero-order chi connectivity index (χ0) is 20.6. The lowest BCUT2D eigenvalue weighted by molar-refractivity contribution is -0.131. The highest BCUT2D eigenvalue weighted by Crippen LogP contribution is 2.26. The van der Waals surface area contributed by atoms with Crippen LogP contribution in [0.1, 0.15) is 53.8 Å². The molecule has 28 heavy (non-hydrogen) atoms. The maximum absolute atomic E-state index is 12.9. The molecule has 0 spiro atoms. The second-order valence-corrected chi connectivity index (χ2v) is 9.16. The Labute approximate surface area is 169 Å². The molecule has 1 saturated heterocycles. The van der Waals surface area contributed by atoms with E-state index in [9.17, 15) is 14.4 Å². The Kier molecular flexibility index (Phi) is 5.48. The van der Waals surface area contributed by atoms with Crippen LogP contribution in [0.15, 0.2) is 23.6 Å². The van der Waals surface area contributed by atoms with E-state index in [-0.39, 0.29) is 24.2 Å². The third kappa shape index (κ3) is 3.76. The minimum absolute atomic E-state index is 0.220. The Morgan fingerprint density at radius 3 is 2.61 bits per heavy atom. The molecule has 2 aromatic rings. The molecule has 1 aliphatic heterocycles. The van der Waals surface area contributed by atoms with Gasteiger partial charge in [-0.05, 0) is 50.6 Å². The smallest absolute Gasteiger partial charge is 0.325 e. The minimum atomic E-state index is -0.943. The zero-order valence-electron chi connectivity index (χ0n) is 17.0. The summed E-state index contributed by atoms with van der Waals surface area (Å²) >= 11 is 1.67. The lowest BCUT2D eigenvalue weighted by Crippen LogP contribution is -2.45. The van der Waals surface area contributed by atoms with E-state index in [0.29, 0.717) is 18.5 Å². The number of Topliss-reactive ketones (excluding diaryl/α,β-unsaturated/α-hetero) is 1. The molecule has 1 aliphatic rings. The monoisotopic (exact) mass is 401 g/mol.